The van der Waals surface area contributed by atoms with Gasteiger partial charge in [0, 0.05) is 38.7 Å². The molecule has 1 saturated carbocycles. The number of ether oxygens (including phenoxy) is 1. The fourth-order valence-corrected chi connectivity index (χ4v) is 4.46. The molecule has 0 spiro atoms. The Labute approximate surface area is 196 Å². The number of nitrogens with zero attached hydrogens (tertiary/aromatic N) is 3. The van der Waals surface area contributed by atoms with Crippen LogP contribution in [0.25, 0.3) is 0 Å². The molecule has 1 aromatic heterocycles. The zero-order chi connectivity index (χ0) is 19.8. The van der Waals surface area contributed by atoms with E-state index in [4.69, 9.17) is 4.74 Å². The van der Waals surface area contributed by atoms with Gasteiger partial charge in [-0.15, -0.1) is 35.3 Å². The number of rotatable bonds is 7. The molecule has 2 aliphatic rings. The normalized spacial score (nSPS) is 18.6. The van der Waals surface area contributed by atoms with Crippen molar-refractivity contribution >= 4 is 47.2 Å². The molecule has 0 bridgehead atoms. The molecule has 1 aromatic rings. The first-order chi connectivity index (χ1) is 13.6. The highest BCUT2D eigenvalue weighted by Crippen LogP contribution is 2.26. The van der Waals surface area contributed by atoms with E-state index < -0.39 is 0 Å². The monoisotopic (exact) mass is 534 g/mol. The van der Waals surface area contributed by atoms with Crippen molar-refractivity contribution in [1.29, 1.82) is 0 Å². The van der Waals surface area contributed by atoms with Crippen LogP contribution in [0.1, 0.15) is 43.4 Å². The lowest BCUT2D eigenvalue weighted by Crippen LogP contribution is -2.47. The quantitative estimate of drug-likeness (QED) is 0.330. The van der Waals surface area contributed by atoms with Gasteiger partial charge < -0.3 is 19.9 Å². The second kappa shape index (κ2) is 12.7. The summed E-state index contributed by atoms with van der Waals surface area (Å²) in [5.41, 5.74) is 0. The maximum atomic E-state index is 12.0. The molecule has 1 N–H and O–H groups in total. The molecule has 1 aliphatic carbocycles. The van der Waals surface area contributed by atoms with Gasteiger partial charge in [-0.3, -0.25) is 4.79 Å². The molecule has 1 amide bonds. The second-order valence-electron chi connectivity index (χ2n) is 8.03. The van der Waals surface area contributed by atoms with E-state index in [-0.39, 0.29) is 36.4 Å². The van der Waals surface area contributed by atoms with Crippen LogP contribution in [0, 0.1) is 5.92 Å². The molecule has 0 radical (unpaired) electrons. The van der Waals surface area contributed by atoms with E-state index in [2.05, 4.69) is 32.7 Å². The number of guanidine groups is 1. The number of nitrogens with one attached hydrogen (secondary N) is 1. The fraction of sp³-hybridized carbons (Fsp3) is 0.714. The number of carbonyl (C=O) groups is 1. The van der Waals surface area contributed by atoms with Gasteiger partial charge in [0.2, 0.25) is 5.91 Å². The maximum Gasteiger partial charge on any atom is 0.243 e. The van der Waals surface area contributed by atoms with E-state index in [1.807, 2.05) is 0 Å². The van der Waals surface area contributed by atoms with Crippen LogP contribution in [-0.4, -0.2) is 68.1 Å². The summed E-state index contributed by atoms with van der Waals surface area (Å²) in [6, 6.07) is 4.17. The minimum absolute atomic E-state index is 0. The van der Waals surface area contributed by atoms with Crippen molar-refractivity contribution in [3.8, 4) is 0 Å². The number of hydrogen-bond acceptors (Lipinski definition) is 4. The second-order valence-corrected chi connectivity index (χ2v) is 9.06. The van der Waals surface area contributed by atoms with Gasteiger partial charge >= 0.3 is 0 Å². The first-order valence-corrected chi connectivity index (χ1v) is 11.4. The highest BCUT2D eigenvalue weighted by Gasteiger charge is 2.24. The summed E-state index contributed by atoms with van der Waals surface area (Å²) < 4.78 is 6.20. The van der Waals surface area contributed by atoms with Crippen LogP contribution in [0.15, 0.2) is 22.5 Å². The molecule has 0 unspecified atom stereocenters. The van der Waals surface area contributed by atoms with Crippen molar-refractivity contribution in [3.63, 3.8) is 0 Å². The van der Waals surface area contributed by atoms with Gasteiger partial charge in [-0.2, -0.15) is 0 Å². The summed E-state index contributed by atoms with van der Waals surface area (Å²) in [5, 5.41) is 5.53. The molecule has 29 heavy (non-hydrogen) atoms. The van der Waals surface area contributed by atoms with Gasteiger partial charge in [-0.25, -0.2) is 4.99 Å². The Balaban J connectivity index is 0.00000300. The Hall–Kier alpha value is -0.870. The maximum absolute atomic E-state index is 12.0. The molecular weight excluding hydrogens is 499 g/mol. The molecule has 8 heteroatoms. The van der Waals surface area contributed by atoms with Crippen molar-refractivity contribution < 1.29 is 9.53 Å². The first-order valence-electron chi connectivity index (χ1n) is 10.5. The van der Waals surface area contributed by atoms with E-state index in [0.717, 1.165) is 51.0 Å². The van der Waals surface area contributed by atoms with Crippen LogP contribution in [0.4, 0.5) is 0 Å². The molecule has 1 aliphatic heterocycles. The molecule has 3 rings (SSSR count). The number of halogens is 1. The SMILES string of the molecule is CN(C)C(=O)CN=C(NCc1cccs1)N1CCC(OCC2CCCC2)CC1.I. The summed E-state index contributed by atoms with van der Waals surface area (Å²) in [6.07, 6.45) is 7.81. The number of likely N-dealkylation sites (tertiary alicyclic amines) is 1. The molecule has 164 valence electrons. The smallest absolute Gasteiger partial charge is 0.243 e. The van der Waals surface area contributed by atoms with Crippen LogP contribution < -0.4 is 5.32 Å². The third-order valence-electron chi connectivity index (χ3n) is 5.65. The molecular formula is C21H35IN4O2S. The molecule has 6 nitrogen and oxygen atoms in total. The summed E-state index contributed by atoms with van der Waals surface area (Å²) >= 11 is 1.73. The molecule has 0 atom stereocenters. The number of hydrogen-bond donors (Lipinski definition) is 1. The van der Waals surface area contributed by atoms with Gasteiger partial charge in [0.05, 0.1) is 12.6 Å². The standard InChI is InChI=1S/C21H34N4O2S.HI/c1-24(2)20(26)15-23-21(22-14-19-8-5-13-28-19)25-11-9-18(10-12-25)27-16-17-6-3-4-7-17;/h5,8,13,17-18H,3-4,6-7,9-12,14-16H2,1-2H3,(H,22,23);1H. The number of likely N-dealkylation sites (N-methyl/N-ethyl adjacent to an activating group) is 1. The van der Waals surface area contributed by atoms with Crippen molar-refractivity contribution in [3.05, 3.63) is 22.4 Å². The van der Waals surface area contributed by atoms with Crippen LogP contribution in [0.3, 0.4) is 0 Å². The van der Waals surface area contributed by atoms with Gasteiger partial charge in [0.15, 0.2) is 5.96 Å². The fourth-order valence-electron chi connectivity index (χ4n) is 3.81. The molecule has 2 fully saturated rings. The summed E-state index contributed by atoms with van der Waals surface area (Å²) in [4.78, 5) is 21.7. The average Bonchev–Trinajstić information content (AvgIpc) is 3.40. The van der Waals surface area contributed by atoms with E-state index in [1.54, 1.807) is 30.3 Å². The third-order valence-corrected chi connectivity index (χ3v) is 6.52. The number of amides is 1. The highest BCUT2D eigenvalue weighted by molar-refractivity contribution is 14.0. The zero-order valence-electron chi connectivity index (χ0n) is 17.6. The van der Waals surface area contributed by atoms with Gasteiger partial charge in [0.1, 0.15) is 6.54 Å². The number of piperidine rings is 1. The van der Waals surface area contributed by atoms with Crippen LogP contribution in [0.2, 0.25) is 0 Å². The van der Waals surface area contributed by atoms with E-state index in [9.17, 15) is 4.79 Å². The van der Waals surface area contributed by atoms with E-state index in [1.165, 1.54) is 30.6 Å². The van der Waals surface area contributed by atoms with Crippen LogP contribution in [0.5, 0.6) is 0 Å². The summed E-state index contributed by atoms with van der Waals surface area (Å²) in [5.74, 6) is 1.63. The minimum atomic E-state index is 0. The van der Waals surface area contributed by atoms with Crippen LogP contribution in [-0.2, 0) is 16.1 Å². The summed E-state index contributed by atoms with van der Waals surface area (Å²) in [7, 11) is 3.54. The lowest BCUT2D eigenvalue weighted by molar-refractivity contribution is -0.127. The van der Waals surface area contributed by atoms with E-state index >= 15 is 0 Å². The molecule has 2 heterocycles. The van der Waals surface area contributed by atoms with Gasteiger partial charge in [0.25, 0.3) is 0 Å². The van der Waals surface area contributed by atoms with Gasteiger partial charge in [-0.05, 0) is 43.0 Å². The van der Waals surface area contributed by atoms with Crippen molar-refractivity contribution in [1.82, 2.24) is 15.1 Å². The van der Waals surface area contributed by atoms with Crippen molar-refractivity contribution in [2.24, 2.45) is 10.9 Å². The topological polar surface area (TPSA) is 57.2 Å². The lowest BCUT2D eigenvalue weighted by atomic mass is 10.1. The van der Waals surface area contributed by atoms with Crippen molar-refractivity contribution in [2.75, 3.05) is 40.3 Å². The Kier molecular flexibility index (Phi) is 10.7. The predicted octanol–water partition coefficient (Wildman–Crippen LogP) is 3.57. The Bertz CT molecular complexity index is 625. The molecule has 0 aromatic carbocycles. The number of carbonyl (C=O) groups excluding carboxylic acids is 1. The zero-order valence-corrected chi connectivity index (χ0v) is 20.8. The lowest BCUT2D eigenvalue weighted by Gasteiger charge is -2.34. The Morgan fingerprint density at radius 3 is 2.62 bits per heavy atom. The van der Waals surface area contributed by atoms with E-state index in [0.29, 0.717) is 6.10 Å². The van der Waals surface area contributed by atoms with Gasteiger partial charge in [-0.1, -0.05) is 18.9 Å². The largest absolute Gasteiger partial charge is 0.378 e. The minimum Gasteiger partial charge on any atom is -0.378 e. The third kappa shape index (κ3) is 8.05. The first kappa shape index (κ1) is 24.4. The average molecular weight is 535 g/mol. The Morgan fingerprint density at radius 1 is 1.28 bits per heavy atom. The predicted molar refractivity (Wildman–Crippen MR) is 130 cm³/mol. The summed E-state index contributed by atoms with van der Waals surface area (Å²) in [6.45, 7) is 3.69. The number of thiophene rings is 1. The van der Waals surface area contributed by atoms with Crippen LogP contribution >= 0.6 is 35.3 Å². The van der Waals surface area contributed by atoms with Crippen molar-refractivity contribution in [2.45, 2.75) is 51.2 Å². The number of aliphatic imine (C=N–C) groups is 1. The Morgan fingerprint density at radius 2 is 2.00 bits per heavy atom. The molecule has 1 saturated heterocycles. The highest BCUT2D eigenvalue weighted by atomic mass is 127.